The van der Waals surface area contributed by atoms with Crippen molar-refractivity contribution in [3.8, 4) is 5.75 Å². The lowest BCUT2D eigenvalue weighted by atomic mass is 10.0. The molecule has 2 aliphatic rings. The molecule has 4 aromatic carbocycles. The van der Waals surface area contributed by atoms with Gasteiger partial charge in [0, 0.05) is 49.9 Å². The molecular weight excluding hydrogens is 711 g/mol. The topological polar surface area (TPSA) is 154 Å². The summed E-state index contributed by atoms with van der Waals surface area (Å²) in [6, 6.07) is 31.3. The molecule has 2 aliphatic heterocycles. The third-order valence-corrected chi connectivity index (χ3v) is 9.50. The summed E-state index contributed by atoms with van der Waals surface area (Å²) in [5.74, 6) is 0.252. The number of fused-ring (bicyclic) bond motifs is 1. The monoisotopic (exact) mass is 759 g/mol. The van der Waals surface area contributed by atoms with Crippen molar-refractivity contribution < 1.29 is 28.7 Å². The zero-order chi connectivity index (χ0) is 39.1. The first-order chi connectivity index (χ1) is 27.3. The van der Waals surface area contributed by atoms with Crippen molar-refractivity contribution in [3.05, 3.63) is 125 Å². The highest BCUT2D eigenvalue weighted by Crippen LogP contribution is 2.27. The normalized spacial score (nSPS) is 15.4. The number of anilines is 2. The number of nitrogens with zero attached hydrogens (tertiary/aromatic N) is 3. The van der Waals surface area contributed by atoms with Crippen LogP contribution >= 0.6 is 0 Å². The number of piperidine rings is 1. The largest absolute Gasteiger partial charge is 0.494 e. The lowest BCUT2D eigenvalue weighted by molar-refractivity contribution is -0.121. The summed E-state index contributed by atoms with van der Waals surface area (Å²) in [6.45, 7) is 4.22. The molecule has 0 bridgehead atoms. The fraction of sp³-hybridized carbons (Fsp3) is 0.326. The SMILES string of the molecule is CN1C(=O)[C@H](NC(=O)Nc2cccc(COC(=O)NCCC(=O)NCCCOc3cccc(CN4CCCCC4)c3)c2)N=C(c2ccccc2)c2ccccc21. The van der Waals surface area contributed by atoms with Crippen molar-refractivity contribution in [1.82, 2.24) is 20.9 Å². The Kier molecular flexibility index (Phi) is 14.0. The molecule has 6 rings (SSSR count). The maximum absolute atomic E-state index is 13.5. The first-order valence-electron chi connectivity index (χ1n) is 19.1. The molecule has 56 heavy (non-hydrogen) atoms. The van der Waals surface area contributed by atoms with Crippen LogP contribution in [-0.4, -0.2) is 80.5 Å². The number of likely N-dealkylation sites (tertiary alicyclic amines) is 1. The van der Waals surface area contributed by atoms with Gasteiger partial charge in [-0.1, -0.05) is 79.2 Å². The van der Waals surface area contributed by atoms with Crippen LogP contribution in [0, 0.1) is 0 Å². The van der Waals surface area contributed by atoms with Gasteiger partial charge in [0.2, 0.25) is 12.1 Å². The van der Waals surface area contributed by atoms with Gasteiger partial charge in [-0.15, -0.1) is 0 Å². The molecule has 292 valence electrons. The van der Waals surface area contributed by atoms with E-state index in [4.69, 9.17) is 14.5 Å². The Hall–Kier alpha value is -6.21. The van der Waals surface area contributed by atoms with Crippen LogP contribution < -0.4 is 30.9 Å². The van der Waals surface area contributed by atoms with Crippen LogP contribution in [0.1, 0.15) is 54.4 Å². The zero-order valence-corrected chi connectivity index (χ0v) is 31.7. The fourth-order valence-electron chi connectivity index (χ4n) is 6.64. The highest BCUT2D eigenvalue weighted by molar-refractivity contribution is 6.20. The smallest absolute Gasteiger partial charge is 0.407 e. The molecule has 1 fully saturated rings. The minimum absolute atomic E-state index is 0.0643. The number of hydrogen-bond donors (Lipinski definition) is 4. The summed E-state index contributed by atoms with van der Waals surface area (Å²) < 4.78 is 11.2. The molecule has 0 aromatic heterocycles. The molecule has 0 aliphatic carbocycles. The van der Waals surface area contributed by atoms with Gasteiger partial charge in [-0.25, -0.2) is 14.6 Å². The molecular formula is C43H49N7O6. The van der Waals surface area contributed by atoms with Crippen LogP contribution in [0.15, 0.2) is 108 Å². The number of nitrogens with one attached hydrogen (secondary N) is 4. The minimum Gasteiger partial charge on any atom is -0.494 e. The van der Waals surface area contributed by atoms with Crippen LogP contribution in [0.4, 0.5) is 21.0 Å². The number of alkyl carbamates (subject to hydrolysis) is 1. The number of hydrogen-bond acceptors (Lipinski definition) is 8. The molecule has 0 radical (unpaired) electrons. The summed E-state index contributed by atoms with van der Waals surface area (Å²) in [5, 5.41) is 10.9. The Bertz CT molecular complexity index is 2000. The number of carbonyl (C=O) groups is 4. The Morgan fingerprint density at radius 1 is 0.821 bits per heavy atom. The van der Waals surface area contributed by atoms with Crippen molar-refractivity contribution in [2.75, 3.05) is 50.1 Å². The number of rotatable bonds is 15. The van der Waals surface area contributed by atoms with Crippen molar-refractivity contribution in [1.29, 1.82) is 0 Å². The van der Waals surface area contributed by atoms with Gasteiger partial charge >= 0.3 is 12.1 Å². The standard InChI is InChI=1S/C43H49N7O6/c1-49-37-20-7-6-19-36(37)39(33-15-4-2-5-16-33)47-40(41(49)52)48-42(53)46-34-17-10-14-32(27-34)30-56-43(54)45-23-21-38(51)44-22-12-26-55-35-18-11-13-31(28-35)29-50-24-8-3-9-25-50/h2,4-7,10-11,13-20,27-28,40H,3,8-9,12,21-26,29-30H2,1H3,(H,44,51)(H,45,54)(H2,46,48,53)/t40-/m0/s1. The lowest BCUT2D eigenvalue weighted by Crippen LogP contribution is -2.47. The Balaban J connectivity index is 0.888. The second-order valence-electron chi connectivity index (χ2n) is 13.7. The van der Waals surface area contributed by atoms with Crippen molar-refractivity contribution in [3.63, 3.8) is 0 Å². The Labute approximate surface area is 327 Å². The lowest BCUT2D eigenvalue weighted by Gasteiger charge is -2.26. The van der Waals surface area contributed by atoms with E-state index in [9.17, 15) is 19.2 Å². The van der Waals surface area contributed by atoms with Crippen LogP contribution in [0.5, 0.6) is 5.75 Å². The Morgan fingerprint density at radius 2 is 1.59 bits per heavy atom. The maximum atomic E-state index is 13.5. The average Bonchev–Trinajstić information content (AvgIpc) is 3.31. The van der Waals surface area contributed by atoms with Gasteiger partial charge < -0.3 is 35.6 Å². The second kappa shape index (κ2) is 19.9. The molecule has 0 saturated carbocycles. The number of likely N-dealkylation sites (N-methyl/N-ethyl adjacent to an activating group) is 1. The highest BCUT2D eigenvalue weighted by Gasteiger charge is 2.31. The van der Waals surface area contributed by atoms with Gasteiger partial charge in [0.25, 0.3) is 5.91 Å². The third kappa shape index (κ3) is 11.4. The van der Waals surface area contributed by atoms with Gasteiger partial charge in [0.05, 0.1) is 18.0 Å². The predicted molar refractivity (Wildman–Crippen MR) is 216 cm³/mol. The first-order valence-corrected chi connectivity index (χ1v) is 19.1. The highest BCUT2D eigenvalue weighted by atomic mass is 16.5. The minimum atomic E-state index is -1.18. The van der Waals surface area contributed by atoms with Gasteiger partial charge in [-0.05, 0) is 73.8 Å². The summed E-state index contributed by atoms with van der Waals surface area (Å²) in [7, 11) is 1.65. The number of benzene rings is 4. The van der Waals surface area contributed by atoms with Crippen molar-refractivity contribution in [2.24, 2.45) is 4.99 Å². The molecule has 0 spiro atoms. The van der Waals surface area contributed by atoms with Crippen LogP contribution in [0.25, 0.3) is 0 Å². The van der Waals surface area contributed by atoms with Crippen molar-refractivity contribution >= 4 is 41.0 Å². The molecule has 13 heteroatoms. The molecule has 4 N–H and O–H groups in total. The first kappa shape index (κ1) is 39.5. The number of amides is 5. The molecule has 2 heterocycles. The number of benzodiazepines with no additional fused rings is 1. The van der Waals surface area contributed by atoms with Gasteiger partial charge in [0.1, 0.15) is 12.4 Å². The van der Waals surface area contributed by atoms with Gasteiger partial charge in [0.15, 0.2) is 0 Å². The molecule has 1 saturated heterocycles. The quantitative estimate of drug-likeness (QED) is 0.111. The van der Waals surface area contributed by atoms with Gasteiger partial charge in [-0.3, -0.25) is 14.5 Å². The van der Waals surface area contributed by atoms with E-state index in [0.717, 1.165) is 36.5 Å². The van der Waals surface area contributed by atoms with Gasteiger partial charge in [-0.2, -0.15) is 0 Å². The average molecular weight is 760 g/mol. The van der Waals surface area contributed by atoms with E-state index >= 15 is 0 Å². The zero-order valence-electron chi connectivity index (χ0n) is 31.7. The maximum Gasteiger partial charge on any atom is 0.407 e. The molecule has 5 amide bonds. The molecule has 1 atom stereocenters. The summed E-state index contributed by atoms with van der Waals surface area (Å²) >= 11 is 0. The number of carbonyl (C=O) groups excluding carboxylic acids is 4. The van der Waals surface area contributed by atoms with E-state index in [1.807, 2.05) is 66.7 Å². The molecule has 4 aromatic rings. The fourth-order valence-corrected chi connectivity index (χ4v) is 6.64. The second-order valence-corrected chi connectivity index (χ2v) is 13.7. The number of ether oxygens (including phenoxy) is 2. The summed E-state index contributed by atoms with van der Waals surface area (Å²) in [4.78, 5) is 59.9. The Morgan fingerprint density at radius 3 is 2.43 bits per heavy atom. The third-order valence-electron chi connectivity index (χ3n) is 9.50. The summed E-state index contributed by atoms with van der Waals surface area (Å²) in [5.41, 5.74) is 5.15. The summed E-state index contributed by atoms with van der Waals surface area (Å²) in [6.07, 6.45) is 2.74. The van der Waals surface area contributed by atoms with Crippen LogP contribution in [0.3, 0.4) is 0 Å². The molecule has 13 nitrogen and oxygen atoms in total. The number of urea groups is 1. The van der Waals surface area contributed by atoms with E-state index in [0.29, 0.717) is 42.2 Å². The predicted octanol–water partition coefficient (Wildman–Crippen LogP) is 5.84. The van der Waals surface area contributed by atoms with Crippen LogP contribution in [0.2, 0.25) is 0 Å². The van der Waals surface area contributed by atoms with Crippen LogP contribution in [-0.2, 0) is 27.5 Å². The van der Waals surface area contributed by atoms with E-state index in [1.165, 1.54) is 29.7 Å². The number of para-hydroxylation sites is 1. The van der Waals surface area contributed by atoms with Crippen molar-refractivity contribution in [2.45, 2.75) is 51.4 Å². The van der Waals surface area contributed by atoms with E-state index in [2.05, 4.69) is 38.3 Å². The van der Waals surface area contributed by atoms with E-state index < -0.39 is 24.2 Å². The molecule has 0 unspecified atom stereocenters. The van der Waals surface area contributed by atoms with E-state index in [-0.39, 0.29) is 25.5 Å². The number of aliphatic imine (C=N–C) groups is 1. The van der Waals surface area contributed by atoms with E-state index in [1.54, 1.807) is 31.3 Å².